The number of carbonyl (C=O) groups excluding carboxylic acids is 2. The summed E-state index contributed by atoms with van der Waals surface area (Å²) < 4.78 is 5.72. The van der Waals surface area contributed by atoms with Crippen LogP contribution >= 0.6 is 0 Å². The second kappa shape index (κ2) is 7.99. The molecule has 0 saturated heterocycles. The van der Waals surface area contributed by atoms with Gasteiger partial charge in [-0.25, -0.2) is 0 Å². The Bertz CT molecular complexity index is 643. The van der Waals surface area contributed by atoms with Gasteiger partial charge in [-0.2, -0.15) is 0 Å². The number of anilines is 1. The Morgan fingerprint density at radius 3 is 2.29 bits per heavy atom. The molecule has 5 heteroatoms. The molecule has 0 saturated carbocycles. The van der Waals surface area contributed by atoms with E-state index in [1.807, 2.05) is 53.7 Å². The molecule has 0 fully saturated rings. The summed E-state index contributed by atoms with van der Waals surface area (Å²) in [5, 5.41) is 5.51. The largest absolute Gasteiger partial charge is 0.491 e. The Hall–Kier alpha value is -2.30. The minimum absolute atomic E-state index is 0.131. The van der Waals surface area contributed by atoms with Crippen LogP contribution in [0.3, 0.4) is 0 Å². The quantitative estimate of drug-likeness (QED) is 0.477. The van der Waals surface area contributed by atoms with Gasteiger partial charge in [0.15, 0.2) is 0 Å². The average molecular weight is 332 g/mol. The highest BCUT2D eigenvalue weighted by Gasteiger charge is 2.22. The SMILES string of the molecule is C=C(C(=O)Nc1c(C)ccc(CC)c1OCC)C(=O)NC(C)(C)C. The lowest BCUT2D eigenvalue weighted by Gasteiger charge is -2.21. The van der Waals surface area contributed by atoms with Crippen LogP contribution in [0.15, 0.2) is 24.3 Å². The first-order valence-corrected chi connectivity index (χ1v) is 8.18. The third-order valence-electron chi connectivity index (χ3n) is 3.39. The molecule has 0 spiro atoms. The number of carbonyl (C=O) groups is 2. The van der Waals surface area contributed by atoms with E-state index < -0.39 is 17.4 Å². The normalized spacial score (nSPS) is 10.9. The van der Waals surface area contributed by atoms with Gasteiger partial charge < -0.3 is 15.4 Å². The van der Waals surface area contributed by atoms with Crippen molar-refractivity contribution in [1.29, 1.82) is 0 Å². The van der Waals surface area contributed by atoms with Gasteiger partial charge in [-0.3, -0.25) is 9.59 Å². The van der Waals surface area contributed by atoms with Gasteiger partial charge in [0.1, 0.15) is 5.75 Å². The number of aryl methyl sites for hydroxylation is 2. The van der Waals surface area contributed by atoms with Crippen molar-refractivity contribution in [1.82, 2.24) is 5.32 Å². The minimum atomic E-state index is -0.533. The van der Waals surface area contributed by atoms with Crippen LogP contribution in [0.2, 0.25) is 0 Å². The van der Waals surface area contributed by atoms with E-state index in [4.69, 9.17) is 4.74 Å². The highest BCUT2D eigenvalue weighted by atomic mass is 16.5. The van der Waals surface area contributed by atoms with Crippen LogP contribution in [-0.4, -0.2) is 24.0 Å². The smallest absolute Gasteiger partial charge is 0.260 e. The Morgan fingerprint density at radius 2 is 1.79 bits per heavy atom. The molecule has 0 unspecified atom stereocenters. The summed E-state index contributed by atoms with van der Waals surface area (Å²) in [7, 11) is 0. The van der Waals surface area contributed by atoms with E-state index in [0.29, 0.717) is 18.0 Å². The second-order valence-electron chi connectivity index (χ2n) is 6.67. The van der Waals surface area contributed by atoms with Crippen molar-refractivity contribution in [3.8, 4) is 5.75 Å². The van der Waals surface area contributed by atoms with Gasteiger partial charge in [-0.15, -0.1) is 0 Å². The maximum Gasteiger partial charge on any atom is 0.260 e. The lowest BCUT2D eigenvalue weighted by molar-refractivity contribution is -0.122. The standard InChI is InChI=1S/C19H28N2O3/c1-8-14-11-10-12(3)15(16(14)24-9-2)20-17(22)13(4)18(23)21-19(5,6)7/h10-11H,4,8-9H2,1-3,5-7H3,(H,20,22)(H,21,23). The van der Waals surface area contributed by atoms with Crippen molar-refractivity contribution in [2.24, 2.45) is 0 Å². The van der Waals surface area contributed by atoms with Crippen molar-refractivity contribution in [3.05, 3.63) is 35.4 Å². The highest BCUT2D eigenvalue weighted by Crippen LogP contribution is 2.33. The summed E-state index contributed by atoms with van der Waals surface area (Å²) in [6.07, 6.45) is 0.782. The molecule has 24 heavy (non-hydrogen) atoms. The Labute approximate surface area is 144 Å². The van der Waals surface area contributed by atoms with E-state index in [0.717, 1.165) is 17.5 Å². The fourth-order valence-corrected chi connectivity index (χ4v) is 2.18. The lowest BCUT2D eigenvalue weighted by atomic mass is 10.1. The molecular weight excluding hydrogens is 304 g/mol. The van der Waals surface area contributed by atoms with E-state index >= 15 is 0 Å². The zero-order valence-electron chi connectivity index (χ0n) is 15.5. The molecule has 1 aromatic rings. The molecule has 0 heterocycles. The number of ether oxygens (including phenoxy) is 1. The molecule has 0 aliphatic rings. The van der Waals surface area contributed by atoms with Crippen molar-refractivity contribution < 1.29 is 14.3 Å². The Balaban J connectivity index is 3.05. The molecule has 0 radical (unpaired) electrons. The summed E-state index contributed by atoms with van der Waals surface area (Å²) in [4.78, 5) is 24.5. The number of nitrogens with one attached hydrogen (secondary N) is 2. The van der Waals surface area contributed by atoms with E-state index in [-0.39, 0.29) is 5.57 Å². The molecule has 5 nitrogen and oxygen atoms in total. The fourth-order valence-electron chi connectivity index (χ4n) is 2.18. The summed E-state index contributed by atoms with van der Waals surface area (Å²) >= 11 is 0. The Kier molecular flexibility index (Phi) is 6.58. The first kappa shape index (κ1) is 19.7. The number of amides is 2. The van der Waals surface area contributed by atoms with Gasteiger partial charge in [-0.1, -0.05) is 25.6 Å². The molecule has 132 valence electrons. The highest BCUT2D eigenvalue weighted by molar-refractivity contribution is 6.22. The van der Waals surface area contributed by atoms with Crippen molar-refractivity contribution in [3.63, 3.8) is 0 Å². The van der Waals surface area contributed by atoms with Gasteiger partial charge >= 0.3 is 0 Å². The molecule has 0 aromatic heterocycles. The molecule has 0 bridgehead atoms. The van der Waals surface area contributed by atoms with Gasteiger partial charge in [0.25, 0.3) is 11.8 Å². The van der Waals surface area contributed by atoms with Gasteiger partial charge in [0, 0.05) is 5.54 Å². The Morgan fingerprint density at radius 1 is 1.17 bits per heavy atom. The molecule has 0 atom stereocenters. The molecule has 0 aliphatic carbocycles. The molecule has 2 amide bonds. The number of rotatable bonds is 6. The van der Waals surface area contributed by atoms with Crippen LogP contribution in [0.25, 0.3) is 0 Å². The molecule has 2 N–H and O–H groups in total. The minimum Gasteiger partial charge on any atom is -0.491 e. The zero-order valence-corrected chi connectivity index (χ0v) is 15.5. The van der Waals surface area contributed by atoms with Crippen molar-refractivity contribution >= 4 is 17.5 Å². The van der Waals surface area contributed by atoms with E-state index in [9.17, 15) is 9.59 Å². The maximum absolute atomic E-state index is 12.4. The third-order valence-corrected chi connectivity index (χ3v) is 3.39. The van der Waals surface area contributed by atoms with Crippen molar-refractivity contribution in [2.75, 3.05) is 11.9 Å². The van der Waals surface area contributed by atoms with Gasteiger partial charge in [0.2, 0.25) is 0 Å². The van der Waals surface area contributed by atoms with Crippen LogP contribution in [0.5, 0.6) is 5.75 Å². The lowest BCUT2D eigenvalue weighted by Crippen LogP contribution is -2.43. The molecule has 1 rings (SSSR count). The van der Waals surface area contributed by atoms with Crippen LogP contribution in [0.4, 0.5) is 5.69 Å². The maximum atomic E-state index is 12.4. The summed E-state index contributed by atoms with van der Waals surface area (Å²) in [5.41, 5.74) is 1.89. The topological polar surface area (TPSA) is 67.4 Å². The fraction of sp³-hybridized carbons (Fsp3) is 0.474. The molecule has 1 aromatic carbocycles. The van der Waals surface area contributed by atoms with Crippen LogP contribution in [0.1, 0.15) is 45.7 Å². The first-order valence-electron chi connectivity index (χ1n) is 8.18. The van der Waals surface area contributed by atoms with E-state index in [1.54, 1.807) is 0 Å². The predicted octanol–water partition coefficient (Wildman–Crippen LogP) is 3.37. The zero-order chi connectivity index (χ0) is 18.5. The molecular formula is C19H28N2O3. The van der Waals surface area contributed by atoms with Crippen LogP contribution in [0, 0.1) is 6.92 Å². The average Bonchev–Trinajstić information content (AvgIpc) is 2.48. The van der Waals surface area contributed by atoms with Gasteiger partial charge in [0.05, 0.1) is 17.9 Å². The summed E-state index contributed by atoms with van der Waals surface area (Å²) in [5.74, 6) is -0.367. The van der Waals surface area contributed by atoms with E-state index in [1.165, 1.54) is 0 Å². The predicted molar refractivity (Wildman–Crippen MR) is 97.4 cm³/mol. The number of benzene rings is 1. The third kappa shape index (κ3) is 5.11. The monoisotopic (exact) mass is 332 g/mol. The molecule has 0 aliphatic heterocycles. The van der Waals surface area contributed by atoms with Crippen LogP contribution in [-0.2, 0) is 16.0 Å². The first-order chi connectivity index (χ1) is 11.1. The van der Waals surface area contributed by atoms with Crippen molar-refractivity contribution in [2.45, 2.75) is 53.5 Å². The second-order valence-corrected chi connectivity index (χ2v) is 6.67. The van der Waals surface area contributed by atoms with Crippen LogP contribution < -0.4 is 15.4 Å². The summed E-state index contributed by atoms with van der Waals surface area (Å²) in [6.45, 7) is 15.4. The summed E-state index contributed by atoms with van der Waals surface area (Å²) in [6, 6.07) is 3.91. The van der Waals surface area contributed by atoms with E-state index in [2.05, 4.69) is 17.2 Å². The number of hydrogen-bond acceptors (Lipinski definition) is 3. The number of hydrogen-bond donors (Lipinski definition) is 2. The van der Waals surface area contributed by atoms with Gasteiger partial charge in [-0.05, 0) is 52.2 Å².